The molecule has 3 heteroatoms. The summed E-state index contributed by atoms with van der Waals surface area (Å²) in [6.45, 7) is 6.05. The first-order valence-corrected chi connectivity index (χ1v) is 5.14. The Labute approximate surface area is 81.5 Å². The monoisotopic (exact) mass is 186 g/mol. The Bertz CT molecular complexity index is 148. The maximum absolute atomic E-state index is 11.2. The third kappa shape index (κ3) is 4.27. The van der Waals surface area contributed by atoms with Crippen LogP contribution < -0.4 is 5.32 Å². The van der Waals surface area contributed by atoms with E-state index in [0.717, 1.165) is 25.9 Å². The molecule has 0 aromatic rings. The Morgan fingerprint density at radius 3 is 2.54 bits per heavy atom. The number of rotatable bonds is 1. The van der Waals surface area contributed by atoms with E-state index in [2.05, 4.69) is 17.3 Å². The fraction of sp³-hybridized carbons (Fsp3) is 0.900. The van der Waals surface area contributed by atoms with Crippen LogP contribution in [0.5, 0.6) is 0 Å². The summed E-state index contributed by atoms with van der Waals surface area (Å²) in [6.07, 6.45) is 2.19. The minimum absolute atomic E-state index is 0.191. The summed E-state index contributed by atoms with van der Waals surface area (Å²) in [5.74, 6) is 0.412. The van der Waals surface area contributed by atoms with Crippen LogP contribution in [-0.4, -0.2) is 38.0 Å². The predicted molar refractivity (Wildman–Crippen MR) is 55.6 cm³/mol. The van der Waals surface area contributed by atoms with Crippen molar-refractivity contribution < 1.29 is 4.79 Å². The van der Waals surface area contributed by atoms with Gasteiger partial charge in [0.1, 0.15) is 0 Å². The number of carbonyl (C=O) groups is 1. The quantitative estimate of drug-likeness (QED) is 0.665. The highest BCUT2D eigenvalue weighted by atomic mass is 16.1. The maximum atomic E-state index is 11.2. The van der Waals surface area contributed by atoms with E-state index in [1.54, 1.807) is 7.05 Å². The summed E-state index contributed by atoms with van der Waals surface area (Å²) in [5, 5.41) is 2.69. The lowest BCUT2D eigenvalue weighted by Crippen LogP contribution is -2.40. The highest BCUT2D eigenvalue weighted by molar-refractivity contribution is 5.78. The van der Waals surface area contributed by atoms with E-state index >= 15 is 0 Å². The molecule has 0 aromatic carbocycles. The zero-order chi connectivity index (χ0) is 10.3. The van der Waals surface area contributed by atoms with Gasteiger partial charge in [0.2, 0.25) is 5.91 Å². The molecule has 78 valence electrons. The van der Waals surface area contributed by atoms with Crippen LogP contribution in [0.2, 0.25) is 0 Å². The smallest absolute Gasteiger partial charge is 0.224 e. The Morgan fingerprint density at radius 2 is 2.08 bits per heavy atom. The molecule has 0 radical (unpaired) electrons. The highest BCUT2D eigenvalue weighted by Gasteiger charge is 2.22. The lowest BCUT2D eigenvalue weighted by atomic mass is 9.98. The minimum atomic E-state index is 0.191. The van der Waals surface area contributed by atoms with Gasteiger partial charge in [0, 0.05) is 13.6 Å². The maximum Gasteiger partial charge on any atom is 0.224 e. The Balaban J connectivity index is 0.000000671. The first kappa shape index (κ1) is 12.4. The van der Waals surface area contributed by atoms with Crippen molar-refractivity contribution in [1.82, 2.24) is 10.2 Å². The lowest BCUT2D eigenvalue weighted by Gasteiger charge is -2.28. The summed E-state index contributed by atoms with van der Waals surface area (Å²) in [4.78, 5) is 13.4. The van der Waals surface area contributed by atoms with Crippen LogP contribution in [0.4, 0.5) is 0 Å². The van der Waals surface area contributed by atoms with Crippen LogP contribution in [0, 0.1) is 5.92 Å². The van der Waals surface area contributed by atoms with E-state index in [4.69, 9.17) is 0 Å². The van der Waals surface area contributed by atoms with Gasteiger partial charge in [-0.05, 0) is 26.4 Å². The van der Waals surface area contributed by atoms with Crippen molar-refractivity contribution in [3.05, 3.63) is 0 Å². The number of carbonyl (C=O) groups excluding carboxylic acids is 1. The van der Waals surface area contributed by atoms with Crippen molar-refractivity contribution in [2.45, 2.75) is 26.7 Å². The second-order valence-electron chi connectivity index (χ2n) is 3.22. The van der Waals surface area contributed by atoms with E-state index in [1.807, 2.05) is 13.8 Å². The standard InChI is InChI=1S/C8H16N2O.C2H6/c1-9-8(11)7-4-3-5-10(2)6-7;1-2/h7H,3-6H2,1-2H3,(H,9,11);1-2H3. The minimum Gasteiger partial charge on any atom is -0.359 e. The largest absolute Gasteiger partial charge is 0.359 e. The van der Waals surface area contributed by atoms with Crippen molar-refractivity contribution in [3.8, 4) is 0 Å². The zero-order valence-corrected chi connectivity index (χ0v) is 9.26. The van der Waals surface area contributed by atoms with Gasteiger partial charge in [0.05, 0.1) is 5.92 Å². The third-order valence-corrected chi connectivity index (χ3v) is 2.24. The number of nitrogens with zero attached hydrogens (tertiary/aromatic N) is 1. The van der Waals surface area contributed by atoms with E-state index < -0.39 is 0 Å². The van der Waals surface area contributed by atoms with E-state index in [9.17, 15) is 4.79 Å². The van der Waals surface area contributed by atoms with Crippen molar-refractivity contribution in [2.75, 3.05) is 27.2 Å². The molecule has 13 heavy (non-hydrogen) atoms. The molecule has 3 nitrogen and oxygen atoms in total. The second kappa shape index (κ2) is 6.89. The van der Waals surface area contributed by atoms with Gasteiger partial charge in [-0.3, -0.25) is 4.79 Å². The van der Waals surface area contributed by atoms with E-state index in [1.165, 1.54) is 0 Å². The number of hydrogen-bond donors (Lipinski definition) is 1. The number of nitrogens with one attached hydrogen (secondary N) is 1. The van der Waals surface area contributed by atoms with Gasteiger partial charge >= 0.3 is 0 Å². The third-order valence-electron chi connectivity index (χ3n) is 2.24. The molecule has 0 aromatic heterocycles. The predicted octanol–water partition coefficient (Wildman–Crippen LogP) is 1.10. The molecule has 1 saturated heterocycles. The van der Waals surface area contributed by atoms with Crippen LogP contribution in [0.3, 0.4) is 0 Å². The average molecular weight is 186 g/mol. The summed E-state index contributed by atoms with van der Waals surface area (Å²) in [6, 6.07) is 0. The van der Waals surface area contributed by atoms with Crippen LogP contribution in [0.15, 0.2) is 0 Å². The van der Waals surface area contributed by atoms with Crippen LogP contribution in [0.25, 0.3) is 0 Å². The Kier molecular flexibility index (Phi) is 6.59. The number of likely N-dealkylation sites (tertiary alicyclic amines) is 1. The molecular weight excluding hydrogens is 164 g/mol. The van der Waals surface area contributed by atoms with Crippen molar-refractivity contribution in [1.29, 1.82) is 0 Å². The van der Waals surface area contributed by atoms with Gasteiger partial charge in [-0.15, -0.1) is 0 Å². The van der Waals surface area contributed by atoms with Gasteiger partial charge in [-0.25, -0.2) is 0 Å². The Morgan fingerprint density at radius 1 is 1.46 bits per heavy atom. The van der Waals surface area contributed by atoms with Crippen molar-refractivity contribution in [3.63, 3.8) is 0 Å². The molecule has 0 aliphatic carbocycles. The summed E-state index contributed by atoms with van der Waals surface area (Å²) in [5.41, 5.74) is 0. The van der Waals surface area contributed by atoms with Crippen molar-refractivity contribution >= 4 is 5.91 Å². The van der Waals surface area contributed by atoms with Crippen LogP contribution >= 0.6 is 0 Å². The molecule has 1 unspecified atom stereocenters. The van der Waals surface area contributed by atoms with Crippen molar-refractivity contribution in [2.24, 2.45) is 5.92 Å². The first-order chi connectivity index (χ1) is 6.24. The summed E-state index contributed by atoms with van der Waals surface area (Å²) >= 11 is 0. The van der Waals surface area contributed by atoms with Gasteiger partial charge in [0.15, 0.2) is 0 Å². The van der Waals surface area contributed by atoms with E-state index in [-0.39, 0.29) is 11.8 Å². The molecule has 1 aliphatic heterocycles. The summed E-state index contributed by atoms with van der Waals surface area (Å²) in [7, 11) is 3.77. The van der Waals surface area contributed by atoms with Crippen LogP contribution in [-0.2, 0) is 4.79 Å². The highest BCUT2D eigenvalue weighted by Crippen LogP contribution is 2.14. The Hall–Kier alpha value is -0.570. The average Bonchev–Trinajstić information content (AvgIpc) is 2.20. The first-order valence-electron chi connectivity index (χ1n) is 5.14. The fourth-order valence-corrected chi connectivity index (χ4v) is 1.58. The number of amides is 1. The molecule has 1 atom stereocenters. The molecule has 1 N–H and O–H groups in total. The molecular formula is C10H22N2O. The van der Waals surface area contributed by atoms with Gasteiger partial charge in [0.25, 0.3) is 0 Å². The van der Waals surface area contributed by atoms with Crippen LogP contribution in [0.1, 0.15) is 26.7 Å². The van der Waals surface area contributed by atoms with E-state index in [0.29, 0.717) is 0 Å². The molecule has 1 amide bonds. The number of hydrogen-bond acceptors (Lipinski definition) is 2. The topological polar surface area (TPSA) is 32.3 Å². The lowest BCUT2D eigenvalue weighted by molar-refractivity contribution is -0.126. The molecule has 1 heterocycles. The molecule has 1 rings (SSSR count). The molecule has 1 fully saturated rings. The molecule has 0 spiro atoms. The fourth-order valence-electron chi connectivity index (χ4n) is 1.58. The second-order valence-corrected chi connectivity index (χ2v) is 3.22. The zero-order valence-electron chi connectivity index (χ0n) is 9.26. The van der Waals surface area contributed by atoms with Gasteiger partial charge in [-0.2, -0.15) is 0 Å². The van der Waals surface area contributed by atoms with Gasteiger partial charge in [-0.1, -0.05) is 13.8 Å². The number of piperidine rings is 1. The SMILES string of the molecule is CC.CNC(=O)C1CCCN(C)C1. The molecule has 1 aliphatic rings. The molecule has 0 bridgehead atoms. The normalized spacial score (nSPS) is 22.9. The van der Waals surface area contributed by atoms with Gasteiger partial charge < -0.3 is 10.2 Å². The molecule has 0 saturated carbocycles. The summed E-state index contributed by atoms with van der Waals surface area (Å²) < 4.78 is 0.